The number of amides is 2. The summed E-state index contributed by atoms with van der Waals surface area (Å²) in [6, 6.07) is 0. The fourth-order valence-corrected chi connectivity index (χ4v) is 4.73. The summed E-state index contributed by atoms with van der Waals surface area (Å²) in [7, 11) is 0. The van der Waals surface area contributed by atoms with E-state index in [1.165, 1.54) is 11.3 Å². The summed E-state index contributed by atoms with van der Waals surface area (Å²) in [5.41, 5.74) is 2.32. The van der Waals surface area contributed by atoms with Gasteiger partial charge in [0.25, 0.3) is 0 Å². The number of fused-ring (bicyclic) bond motifs is 1. The van der Waals surface area contributed by atoms with Crippen molar-refractivity contribution in [3.05, 3.63) is 22.2 Å². The lowest BCUT2D eigenvalue weighted by molar-refractivity contribution is -0.118. The van der Waals surface area contributed by atoms with Crippen LogP contribution < -0.4 is 15.5 Å². The third-order valence-electron chi connectivity index (χ3n) is 5.37. The zero-order chi connectivity index (χ0) is 21.4. The number of rotatable bonds is 6. The molecular weight excluding hydrogens is 484 g/mol. The number of pyridine rings is 1. The SMILES string of the molecule is O=C(CN1CCN(c2c(Br)cnc3nc(NC(=O)C4CC4)[nH]c23)CC1)Nc1nccs1. The van der Waals surface area contributed by atoms with Crippen molar-refractivity contribution in [2.24, 2.45) is 5.92 Å². The number of piperazine rings is 1. The van der Waals surface area contributed by atoms with Gasteiger partial charge >= 0.3 is 0 Å². The highest BCUT2D eigenvalue weighted by Crippen LogP contribution is 2.34. The first-order chi connectivity index (χ1) is 15.1. The second kappa shape index (κ2) is 8.52. The van der Waals surface area contributed by atoms with Gasteiger partial charge in [-0.3, -0.25) is 19.8 Å². The van der Waals surface area contributed by atoms with Gasteiger partial charge in [-0.25, -0.2) is 9.97 Å². The molecule has 0 unspecified atom stereocenters. The van der Waals surface area contributed by atoms with Crippen LogP contribution in [0.3, 0.4) is 0 Å². The highest BCUT2D eigenvalue weighted by atomic mass is 79.9. The number of carbonyl (C=O) groups is 2. The maximum atomic E-state index is 12.2. The van der Waals surface area contributed by atoms with Crippen LogP contribution >= 0.6 is 27.3 Å². The van der Waals surface area contributed by atoms with E-state index in [1.807, 2.05) is 5.38 Å². The summed E-state index contributed by atoms with van der Waals surface area (Å²) in [6.07, 6.45) is 5.28. The van der Waals surface area contributed by atoms with Crippen molar-refractivity contribution >= 4 is 67.0 Å². The minimum atomic E-state index is -0.0551. The molecule has 3 aromatic heterocycles. The molecule has 2 aliphatic rings. The molecule has 162 valence electrons. The summed E-state index contributed by atoms with van der Waals surface area (Å²) in [6.45, 7) is 3.35. The Bertz CT molecular complexity index is 1110. The molecular formula is C19H21BrN8O2S. The fourth-order valence-electron chi connectivity index (χ4n) is 3.63. The van der Waals surface area contributed by atoms with Gasteiger partial charge in [-0.2, -0.15) is 4.98 Å². The molecule has 0 radical (unpaired) electrons. The van der Waals surface area contributed by atoms with Gasteiger partial charge in [0, 0.05) is 49.9 Å². The predicted molar refractivity (Wildman–Crippen MR) is 122 cm³/mol. The van der Waals surface area contributed by atoms with Gasteiger partial charge in [0.2, 0.25) is 17.8 Å². The van der Waals surface area contributed by atoms with Crippen LogP contribution in [-0.2, 0) is 9.59 Å². The Hall–Kier alpha value is -2.57. The van der Waals surface area contributed by atoms with Gasteiger partial charge < -0.3 is 15.2 Å². The quantitative estimate of drug-likeness (QED) is 0.470. The van der Waals surface area contributed by atoms with Crippen molar-refractivity contribution in [3.63, 3.8) is 0 Å². The number of aromatic amines is 1. The Morgan fingerprint density at radius 3 is 2.71 bits per heavy atom. The second-order valence-electron chi connectivity index (χ2n) is 7.65. The average molecular weight is 505 g/mol. The number of hydrogen-bond donors (Lipinski definition) is 3. The molecule has 1 aliphatic carbocycles. The van der Waals surface area contributed by atoms with Gasteiger partial charge in [0.05, 0.1) is 16.7 Å². The molecule has 0 spiro atoms. The second-order valence-corrected chi connectivity index (χ2v) is 9.40. The molecule has 0 aromatic carbocycles. The van der Waals surface area contributed by atoms with Crippen LogP contribution in [0.2, 0.25) is 0 Å². The predicted octanol–water partition coefficient (Wildman–Crippen LogP) is 2.29. The van der Waals surface area contributed by atoms with Crippen molar-refractivity contribution in [2.75, 3.05) is 48.3 Å². The lowest BCUT2D eigenvalue weighted by atomic mass is 10.2. The molecule has 1 saturated heterocycles. The normalized spacial score (nSPS) is 17.1. The first kappa shape index (κ1) is 20.3. The topological polar surface area (TPSA) is 119 Å². The van der Waals surface area contributed by atoms with E-state index in [-0.39, 0.29) is 17.7 Å². The Labute approximate surface area is 190 Å². The molecule has 3 N–H and O–H groups in total. The molecule has 31 heavy (non-hydrogen) atoms. The van der Waals surface area contributed by atoms with Crippen molar-refractivity contribution in [3.8, 4) is 0 Å². The van der Waals surface area contributed by atoms with E-state index in [0.29, 0.717) is 23.3 Å². The van der Waals surface area contributed by atoms with E-state index in [2.05, 4.69) is 56.3 Å². The van der Waals surface area contributed by atoms with E-state index in [4.69, 9.17) is 0 Å². The molecule has 4 heterocycles. The van der Waals surface area contributed by atoms with Crippen LogP contribution in [0.4, 0.5) is 16.8 Å². The summed E-state index contributed by atoms with van der Waals surface area (Å²) >= 11 is 5.02. The molecule has 2 amide bonds. The Kier molecular flexibility index (Phi) is 5.59. The molecule has 0 bridgehead atoms. The number of anilines is 3. The van der Waals surface area contributed by atoms with E-state index in [1.54, 1.807) is 12.4 Å². The van der Waals surface area contributed by atoms with E-state index >= 15 is 0 Å². The number of thiazole rings is 1. The third kappa shape index (κ3) is 4.55. The van der Waals surface area contributed by atoms with Crippen LogP contribution in [0.1, 0.15) is 12.8 Å². The molecule has 1 aliphatic heterocycles. The molecule has 12 heteroatoms. The van der Waals surface area contributed by atoms with Crippen molar-refractivity contribution in [1.82, 2.24) is 24.8 Å². The number of halogens is 1. The lowest BCUT2D eigenvalue weighted by Crippen LogP contribution is -2.48. The standard InChI is InChI=1S/C19H21BrN8O2S/c20-12-9-22-16-14(24-18(25-16)26-17(30)11-1-2-11)15(12)28-6-4-27(5-7-28)10-13(29)23-19-21-3-8-31-19/h3,8-9,11H,1-2,4-7,10H2,(H,21,23,29)(H2,22,24,25,26,30). The van der Waals surface area contributed by atoms with E-state index < -0.39 is 0 Å². The van der Waals surface area contributed by atoms with Gasteiger partial charge in [-0.1, -0.05) is 0 Å². The van der Waals surface area contributed by atoms with Crippen LogP contribution in [0.5, 0.6) is 0 Å². The molecule has 0 atom stereocenters. The minimum Gasteiger partial charge on any atom is -0.366 e. The Morgan fingerprint density at radius 2 is 2.00 bits per heavy atom. The zero-order valence-electron chi connectivity index (χ0n) is 16.6. The highest BCUT2D eigenvalue weighted by molar-refractivity contribution is 9.10. The first-order valence-electron chi connectivity index (χ1n) is 10.1. The van der Waals surface area contributed by atoms with Crippen LogP contribution in [0, 0.1) is 5.92 Å². The van der Waals surface area contributed by atoms with Gasteiger partial charge in [-0.15, -0.1) is 11.3 Å². The van der Waals surface area contributed by atoms with Crippen LogP contribution in [0.15, 0.2) is 22.2 Å². The summed E-state index contributed by atoms with van der Waals surface area (Å²) in [4.78, 5) is 44.8. The van der Waals surface area contributed by atoms with E-state index in [0.717, 1.165) is 54.7 Å². The molecule has 2 fully saturated rings. The van der Waals surface area contributed by atoms with Crippen molar-refractivity contribution in [2.45, 2.75) is 12.8 Å². The fraction of sp³-hybridized carbons (Fsp3) is 0.421. The Balaban J connectivity index is 1.25. The summed E-state index contributed by atoms with van der Waals surface area (Å²) in [5, 5.41) is 8.13. The zero-order valence-corrected chi connectivity index (χ0v) is 19.0. The maximum Gasteiger partial charge on any atom is 0.240 e. The largest absolute Gasteiger partial charge is 0.366 e. The van der Waals surface area contributed by atoms with E-state index in [9.17, 15) is 9.59 Å². The number of aromatic nitrogens is 4. The number of H-pyrrole nitrogens is 1. The molecule has 5 rings (SSSR count). The van der Waals surface area contributed by atoms with Crippen molar-refractivity contribution in [1.29, 1.82) is 0 Å². The summed E-state index contributed by atoms with van der Waals surface area (Å²) in [5.74, 6) is 0.481. The van der Waals surface area contributed by atoms with Gasteiger partial charge in [-0.05, 0) is 28.8 Å². The maximum absolute atomic E-state index is 12.2. The number of hydrogen-bond acceptors (Lipinski definition) is 8. The number of carbonyl (C=O) groups excluding carboxylic acids is 2. The summed E-state index contributed by atoms with van der Waals surface area (Å²) < 4.78 is 0.860. The van der Waals surface area contributed by atoms with Crippen LogP contribution in [-0.4, -0.2) is 69.4 Å². The van der Waals surface area contributed by atoms with Crippen LogP contribution in [0.25, 0.3) is 11.2 Å². The molecule has 1 saturated carbocycles. The highest BCUT2D eigenvalue weighted by Gasteiger charge is 2.30. The number of nitrogens with one attached hydrogen (secondary N) is 3. The van der Waals surface area contributed by atoms with Gasteiger partial charge in [0.1, 0.15) is 5.52 Å². The Morgan fingerprint density at radius 1 is 1.19 bits per heavy atom. The molecule has 3 aromatic rings. The number of nitrogens with zero attached hydrogens (tertiary/aromatic N) is 5. The molecule has 10 nitrogen and oxygen atoms in total. The first-order valence-corrected chi connectivity index (χ1v) is 11.8. The third-order valence-corrected chi connectivity index (χ3v) is 6.64. The lowest BCUT2D eigenvalue weighted by Gasteiger charge is -2.36. The van der Waals surface area contributed by atoms with Crippen molar-refractivity contribution < 1.29 is 9.59 Å². The minimum absolute atomic E-state index is 0.00399. The monoisotopic (exact) mass is 504 g/mol. The number of imidazole rings is 1. The van der Waals surface area contributed by atoms with Gasteiger partial charge in [0.15, 0.2) is 10.8 Å². The smallest absolute Gasteiger partial charge is 0.240 e. The average Bonchev–Trinajstić information content (AvgIpc) is 3.34.